The van der Waals surface area contributed by atoms with Gasteiger partial charge < -0.3 is 11.1 Å². The number of benzene rings is 2. The van der Waals surface area contributed by atoms with Crippen molar-refractivity contribution in [2.75, 3.05) is 11.1 Å². The summed E-state index contributed by atoms with van der Waals surface area (Å²) in [5, 5.41) is 13.4. The topological polar surface area (TPSA) is 74.7 Å². The first-order valence-electron chi connectivity index (χ1n) is 6.29. The van der Waals surface area contributed by atoms with E-state index in [0.29, 0.717) is 11.3 Å². The number of aromatic nitrogens is 1. The van der Waals surface area contributed by atoms with E-state index in [2.05, 4.69) is 32.3 Å². The number of hydrogen-bond donors (Lipinski definition) is 2. The van der Waals surface area contributed by atoms with Crippen molar-refractivity contribution in [3.63, 3.8) is 0 Å². The van der Waals surface area contributed by atoms with Crippen LogP contribution in [0.15, 0.2) is 53.1 Å². The first-order valence-corrected chi connectivity index (χ1v) is 7.08. The molecule has 2 aromatic carbocycles. The molecular weight excluding hydrogens is 328 g/mol. The lowest BCUT2D eigenvalue weighted by Crippen LogP contribution is -1.97. The molecule has 0 aliphatic heterocycles. The Balaban J connectivity index is 2.11. The standard InChI is InChI=1S/C16H11BrN4/c17-11-3-5-14(10(8-11)9-18)21-15-6-4-13(19)16-12(15)2-1-7-20-16/h1-8,21H,19H2. The lowest BCUT2D eigenvalue weighted by atomic mass is 10.1. The average Bonchev–Trinajstić information content (AvgIpc) is 2.52. The van der Waals surface area contributed by atoms with Crippen molar-refractivity contribution in [2.45, 2.75) is 0 Å². The maximum Gasteiger partial charge on any atom is 0.101 e. The number of rotatable bonds is 2. The minimum atomic E-state index is 0.568. The number of nitrogens with zero attached hydrogens (tertiary/aromatic N) is 2. The largest absolute Gasteiger partial charge is 0.397 e. The molecule has 3 rings (SSSR count). The Morgan fingerprint density at radius 2 is 1.95 bits per heavy atom. The Hall–Kier alpha value is -2.58. The molecule has 102 valence electrons. The molecule has 1 heterocycles. The molecule has 0 aliphatic rings. The number of nitriles is 1. The van der Waals surface area contributed by atoms with Gasteiger partial charge in [0.1, 0.15) is 6.07 Å². The summed E-state index contributed by atoms with van der Waals surface area (Å²) in [6.45, 7) is 0. The maximum absolute atomic E-state index is 9.24. The summed E-state index contributed by atoms with van der Waals surface area (Å²) in [5.74, 6) is 0. The molecule has 21 heavy (non-hydrogen) atoms. The van der Waals surface area contributed by atoms with Crippen LogP contribution in [0.4, 0.5) is 17.1 Å². The summed E-state index contributed by atoms with van der Waals surface area (Å²) in [6, 6.07) is 15.2. The Kier molecular flexibility index (Phi) is 3.46. The first kappa shape index (κ1) is 13.4. The van der Waals surface area contributed by atoms with Gasteiger partial charge in [-0.1, -0.05) is 15.9 Å². The third-order valence-electron chi connectivity index (χ3n) is 3.17. The van der Waals surface area contributed by atoms with E-state index in [1.54, 1.807) is 12.3 Å². The van der Waals surface area contributed by atoms with Gasteiger partial charge in [0, 0.05) is 21.7 Å². The van der Waals surface area contributed by atoms with E-state index >= 15 is 0 Å². The highest BCUT2D eigenvalue weighted by atomic mass is 79.9. The molecule has 3 N–H and O–H groups in total. The summed E-state index contributed by atoms with van der Waals surface area (Å²) < 4.78 is 0.869. The fourth-order valence-corrected chi connectivity index (χ4v) is 2.53. The number of hydrogen-bond acceptors (Lipinski definition) is 4. The molecule has 0 saturated carbocycles. The van der Waals surface area contributed by atoms with Crippen molar-refractivity contribution in [3.8, 4) is 6.07 Å². The summed E-state index contributed by atoms with van der Waals surface area (Å²) in [7, 11) is 0. The third-order valence-corrected chi connectivity index (χ3v) is 3.67. The van der Waals surface area contributed by atoms with Gasteiger partial charge in [0.2, 0.25) is 0 Å². The van der Waals surface area contributed by atoms with Crippen molar-refractivity contribution in [3.05, 3.63) is 58.7 Å². The zero-order chi connectivity index (χ0) is 14.8. The van der Waals surface area contributed by atoms with Gasteiger partial charge in [0.05, 0.1) is 22.5 Å². The summed E-state index contributed by atoms with van der Waals surface area (Å²) >= 11 is 3.37. The van der Waals surface area contributed by atoms with E-state index < -0.39 is 0 Å². The lowest BCUT2D eigenvalue weighted by molar-refractivity contribution is 1.41. The number of nitrogen functional groups attached to an aromatic ring is 1. The van der Waals surface area contributed by atoms with Gasteiger partial charge in [0.25, 0.3) is 0 Å². The van der Waals surface area contributed by atoms with E-state index in [9.17, 15) is 5.26 Å². The molecule has 0 saturated heterocycles. The van der Waals surface area contributed by atoms with E-state index in [1.807, 2.05) is 36.4 Å². The van der Waals surface area contributed by atoms with E-state index in [-0.39, 0.29) is 0 Å². The molecule has 0 aliphatic carbocycles. The van der Waals surface area contributed by atoms with Gasteiger partial charge in [-0.2, -0.15) is 5.26 Å². The second kappa shape index (κ2) is 5.43. The highest BCUT2D eigenvalue weighted by Crippen LogP contribution is 2.30. The number of nitrogens with two attached hydrogens (primary N) is 1. The van der Waals surface area contributed by atoms with E-state index in [1.165, 1.54) is 0 Å². The molecular formula is C16H11BrN4. The molecule has 0 bridgehead atoms. The van der Waals surface area contributed by atoms with Crippen LogP contribution in [0.25, 0.3) is 10.9 Å². The molecule has 0 spiro atoms. The van der Waals surface area contributed by atoms with Crippen LogP contribution < -0.4 is 11.1 Å². The first-order chi connectivity index (χ1) is 10.2. The molecule has 5 heteroatoms. The fourth-order valence-electron chi connectivity index (χ4n) is 2.17. The Labute approximate surface area is 130 Å². The van der Waals surface area contributed by atoms with Gasteiger partial charge in [-0.05, 0) is 42.5 Å². The zero-order valence-corrected chi connectivity index (χ0v) is 12.6. The normalized spacial score (nSPS) is 10.3. The van der Waals surface area contributed by atoms with E-state index in [4.69, 9.17) is 5.73 Å². The highest BCUT2D eigenvalue weighted by Gasteiger charge is 2.08. The number of pyridine rings is 1. The average molecular weight is 339 g/mol. The number of nitrogens with one attached hydrogen (secondary N) is 1. The molecule has 0 unspecified atom stereocenters. The van der Waals surface area contributed by atoms with Crippen LogP contribution in [-0.2, 0) is 0 Å². The minimum Gasteiger partial charge on any atom is -0.397 e. The highest BCUT2D eigenvalue weighted by molar-refractivity contribution is 9.10. The smallest absolute Gasteiger partial charge is 0.101 e. The van der Waals surface area contributed by atoms with Gasteiger partial charge in [-0.3, -0.25) is 4.98 Å². The number of halogens is 1. The van der Waals surface area contributed by atoms with Crippen molar-refractivity contribution in [1.82, 2.24) is 4.98 Å². The van der Waals surface area contributed by atoms with Crippen LogP contribution in [-0.4, -0.2) is 4.98 Å². The molecule has 0 radical (unpaired) electrons. The maximum atomic E-state index is 9.24. The van der Waals surface area contributed by atoms with E-state index in [0.717, 1.165) is 26.8 Å². The zero-order valence-electron chi connectivity index (χ0n) is 11.0. The molecule has 1 aromatic heterocycles. The lowest BCUT2D eigenvalue weighted by Gasteiger charge is -2.12. The van der Waals surface area contributed by atoms with Gasteiger partial charge in [-0.25, -0.2) is 0 Å². The van der Waals surface area contributed by atoms with Crippen LogP contribution >= 0.6 is 15.9 Å². The number of fused-ring (bicyclic) bond motifs is 1. The minimum absolute atomic E-state index is 0.568. The van der Waals surface area contributed by atoms with Crippen LogP contribution in [0.3, 0.4) is 0 Å². The molecule has 3 aromatic rings. The molecule has 0 amide bonds. The van der Waals surface area contributed by atoms with Gasteiger partial charge in [-0.15, -0.1) is 0 Å². The number of anilines is 3. The molecule has 0 fully saturated rings. The Morgan fingerprint density at radius 1 is 1.14 bits per heavy atom. The predicted molar refractivity (Wildman–Crippen MR) is 88.3 cm³/mol. The third kappa shape index (κ3) is 2.54. The molecule has 0 atom stereocenters. The van der Waals surface area contributed by atoms with Crippen LogP contribution in [0, 0.1) is 11.3 Å². The van der Waals surface area contributed by atoms with Crippen molar-refractivity contribution < 1.29 is 0 Å². The fraction of sp³-hybridized carbons (Fsp3) is 0. The van der Waals surface area contributed by atoms with Gasteiger partial charge >= 0.3 is 0 Å². The van der Waals surface area contributed by atoms with Crippen LogP contribution in [0.2, 0.25) is 0 Å². The van der Waals surface area contributed by atoms with Crippen molar-refractivity contribution in [1.29, 1.82) is 5.26 Å². The Bertz CT molecular complexity index is 868. The van der Waals surface area contributed by atoms with Gasteiger partial charge in [0.15, 0.2) is 0 Å². The second-order valence-corrected chi connectivity index (χ2v) is 5.44. The summed E-state index contributed by atoms with van der Waals surface area (Å²) in [4.78, 5) is 4.30. The second-order valence-electron chi connectivity index (χ2n) is 4.53. The molecule has 4 nitrogen and oxygen atoms in total. The monoisotopic (exact) mass is 338 g/mol. The van der Waals surface area contributed by atoms with Crippen LogP contribution in [0.1, 0.15) is 5.56 Å². The van der Waals surface area contributed by atoms with Crippen molar-refractivity contribution in [2.24, 2.45) is 0 Å². The van der Waals surface area contributed by atoms with Crippen molar-refractivity contribution >= 4 is 43.9 Å². The quantitative estimate of drug-likeness (QED) is 0.687. The summed E-state index contributed by atoms with van der Waals surface area (Å²) in [5.41, 5.74) is 9.51. The predicted octanol–water partition coefficient (Wildman–Crippen LogP) is 4.19. The SMILES string of the molecule is N#Cc1cc(Br)ccc1Nc1ccc(N)c2ncccc12. The summed E-state index contributed by atoms with van der Waals surface area (Å²) in [6.07, 6.45) is 1.71. The van der Waals surface area contributed by atoms with Crippen LogP contribution in [0.5, 0.6) is 0 Å². The Morgan fingerprint density at radius 3 is 2.76 bits per heavy atom.